The fourth-order valence-electron chi connectivity index (χ4n) is 2.68. The zero-order chi connectivity index (χ0) is 16.7. The molecule has 0 spiro atoms. The molecule has 0 aliphatic heterocycles. The second-order valence-electron chi connectivity index (χ2n) is 5.69. The van der Waals surface area contributed by atoms with E-state index in [-0.39, 0.29) is 5.41 Å². The second-order valence-corrected chi connectivity index (χ2v) is 7.26. The first-order valence-electron chi connectivity index (χ1n) is 8.63. The van der Waals surface area contributed by atoms with Crippen molar-refractivity contribution in [1.82, 2.24) is 0 Å². The summed E-state index contributed by atoms with van der Waals surface area (Å²) >= 11 is 0. The van der Waals surface area contributed by atoms with Gasteiger partial charge in [0, 0.05) is 19.8 Å². The molecular weight excluding hydrogens is 298 g/mol. The van der Waals surface area contributed by atoms with Gasteiger partial charge in [-0.2, -0.15) is 0 Å². The van der Waals surface area contributed by atoms with Crippen LogP contribution in [0.4, 0.5) is 0 Å². The first-order chi connectivity index (χ1) is 10.7. The summed E-state index contributed by atoms with van der Waals surface area (Å²) in [4.78, 5) is 0. The summed E-state index contributed by atoms with van der Waals surface area (Å²) in [5.74, 6) is 0. The molecule has 6 N–H and O–H groups in total. The molecule has 6 nitrogen and oxygen atoms in total. The Hall–Kier alpha value is -0.0231. The lowest BCUT2D eigenvalue weighted by Gasteiger charge is -2.35. The molecule has 0 aromatic carbocycles. The van der Waals surface area contributed by atoms with Gasteiger partial charge in [-0.1, -0.05) is 0 Å². The van der Waals surface area contributed by atoms with Gasteiger partial charge in [0.25, 0.3) is 0 Å². The number of nitrogens with two attached hydrogens (primary N) is 3. The van der Waals surface area contributed by atoms with Crippen LogP contribution in [-0.2, 0) is 13.3 Å². The molecule has 0 aromatic heterocycles. The molecule has 0 aromatic rings. The van der Waals surface area contributed by atoms with Gasteiger partial charge < -0.3 is 30.5 Å². The van der Waals surface area contributed by atoms with E-state index in [4.69, 9.17) is 30.5 Å². The van der Waals surface area contributed by atoms with Gasteiger partial charge in [0.15, 0.2) is 0 Å². The maximum Gasteiger partial charge on any atom is 0.484 e. The molecule has 0 bridgehead atoms. The first kappa shape index (κ1) is 22.0. The first-order valence-corrected chi connectivity index (χ1v) is 10.0. The number of hydrogen-bond acceptors (Lipinski definition) is 6. The normalized spacial score (nSPS) is 12.3. The van der Waals surface area contributed by atoms with Gasteiger partial charge in [-0.25, -0.2) is 0 Å². The van der Waals surface area contributed by atoms with Crippen molar-refractivity contribution in [1.29, 1.82) is 0 Å². The molecule has 0 heterocycles. The van der Waals surface area contributed by atoms with E-state index < -0.39 is 9.53 Å². The van der Waals surface area contributed by atoms with E-state index in [0.717, 1.165) is 38.5 Å². The Morgan fingerprint density at radius 3 is 1.45 bits per heavy atom. The molecule has 134 valence electrons. The Bertz CT molecular complexity index is 220. The van der Waals surface area contributed by atoms with Gasteiger partial charge >= 0.3 is 9.53 Å². The largest absolute Gasteiger partial charge is 0.484 e. The second kappa shape index (κ2) is 14.6. The minimum atomic E-state index is -2.03. The molecule has 22 heavy (non-hydrogen) atoms. The van der Waals surface area contributed by atoms with E-state index in [1.54, 1.807) is 0 Å². The predicted octanol–water partition coefficient (Wildman–Crippen LogP) is 0.996. The van der Waals surface area contributed by atoms with Crippen molar-refractivity contribution >= 4 is 9.53 Å². The third-order valence-electron chi connectivity index (χ3n) is 3.86. The summed E-state index contributed by atoms with van der Waals surface area (Å²) in [6, 6.07) is 0. The van der Waals surface area contributed by atoms with E-state index in [1.807, 2.05) is 13.8 Å². The monoisotopic (exact) mass is 335 g/mol. The summed E-state index contributed by atoms with van der Waals surface area (Å²) < 4.78 is 17.3. The van der Waals surface area contributed by atoms with Crippen molar-refractivity contribution < 1.29 is 13.3 Å². The molecule has 0 atom stereocenters. The Morgan fingerprint density at radius 2 is 1.14 bits per heavy atom. The van der Waals surface area contributed by atoms with E-state index in [9.17, 15) is 0 Å². The van der Waals surface area contributed by atoms with Crippen LogP contribution in [-0.4, -0.2) is 49.0 Å². The van der Waals surface area contributed by atoms with Crippen molar-refractivity contribution in [2.45, 2.75) is 52.4 Å². The summed E-state index contributed by atoms with van der Waals surface area (Å²) in [5.41, 5.74) is 17.2. The smallest absolute Gasteiger partial charge is 0.376 e. The van der Waals surface area contributed by atoms with Gasteiger partial charge in [0.2, 0.25) is 0 Å². The van der Waals surface area contributed by atoms with Gasteiger partial charge in [-0.05, 0) is 77.4 Å². The average Bonchev–Trinajstić information content (AvgIpc) is 2.53. The highest BCUT2D eigenvalue weighted by Crippen LogP contribution is 2.35. The van der Waals surface area contributed by atoms with Crippen LogP contribution in [0.15, 0.2) is 0 Å². The molecule has 0 saturated carbocycles. The SMILES string of the molecule is CCO[SiH](OCC)OCC(CCCN)(CCCN)CCCN. The van der Waals surface area contributed by atoms with E-state index in [0.29, 0.717) is 39.5 Å². The molecule has 0 aliphatic carbocycles. The Morgan fingerprint density at radius 1 is 0.727 bits per heavy atom. The summed E-state index contributed by atoms with van der Waals surface area (Å²) in [6.45, 7) is 7.93. The van der Waals surface area contributed by atoms with Gasteiger partial charge in [-0.15, -0.1) is 0 Å². The van der Waals surface area contributed by atoms with Crippen molar-refractivity contribution in [3.05, 3.63) is 0 Å². The fourth-order valence-corrected chi connectivity index (χ4v) is 4.01. The minimum Gasteiger partial charge on any atom is -0.376 e. The average molecular weight is 336 g/mol. The van der Waals surface area contributed by atoms with Crippen LogP contribution in [0.1, 0.15) is 52.4 Å². The van der Waals surface area contributed by atoms with Crippen LogP contribution in [0.5, 0.6) is 0 Å². The molecular formula is C15H37N3O3Si. The van der Waals surface area contributed by atoms with Crippen molar-refractivity contribution in [2.24, 2.45) is 22.6 Å². The number of hydrogen-bond donors (Lipinski definition) is 3. The highest BCUT2D eigenvalue weighted by Gasteiger charge is 2.31. The standard InChI is InChI=1S/C15H37N3O3Si/c1-3-19-22(20-4-2)21-14-15(8-5-11-16,9-6-12-17)10-7-13-18/h22H,3-14,16-18H2,1-2H3. The van der Waals surface area contributed by atoms with Crippen LogP contribution >= 0.6 is 0 Å². The van der Waals surface area contributed by atoms with Crippen molar-refractivity contribution in [3.63, 3.8) is 0 Å². The lowest BCUT2D eigenvalue weighted by molar-refractivity contribution is 0.0400. The fraction of sp³-hybridized carbons (Fsp3) is 1.00. The highest BCUT2D eigenvalue weighted by molar-refractivity contribution is 6.36. The molecule has 0 aliphatic rings. The summed E-state index contributed by atoms with van der Waals surface area (Å²) in [5, 5.41) is 0. The molecule has 0 fully saturated rings. The summed E-state index contributed by atoms with van der Waals surface area (Å²) in [7, 11) is -2.03. The summed E-state index contributed by atoms with van der Waals surface area (Å²) in [6.07, 6.45) is 6.12. The highest BCUT2D eigenvalue weighted by atomic mass is 28.3. The molecule has 7 heteroatoms. The van der Waals surface area contributed by atoms with Crippen molar-refractivity contribution in [3.8, 4) is 0 Å². The van der Waals surface area contributed by atoms with Crippen LogP contribution in [0.2, 0.25) is 0 Å². The quantitative estimate of drug-likeness (QED) is 0.363. The predicted molar refractivity (Wildman–Crippen MR) is 93.7 cm³/mol. The maximum atomic E-state index is 6.05. The number of rotatable bonds is 16. The lowest BCUT2D eigenvalue weighted by Crippen LogP contribution is -2.36. The molecule has 0 radical (unpaired) electrons. The van der Waals surface area contributed by atoms with Gasteiger partial charge in [0.1, 0.15) is 0 Å². The van der Waals surface area contributed by atoms with Crippen LogP contribution < -0.4 is 17.2 Å². The molecule has 0 amide bonds. The third kappa shape index (κ3) is 9.89. The van der Waals surface area contributed by atoms with Gasteiger partial charge in [-0.3, -0.25) is 0 Å². The minimum absolute atomic E-state index is 0.0948. The zero-order valence-electron chi connectivity index (χ0n) is 14.5. The van der Waals surface area contributed by atoms with Crippen LogP contribution in [0, 0.1) is 5.41 Å². The lowest BCUT2D eigenvalue weighted by atomic mass is 9.76. The van der Waals surface area contributed by atoms with Crippen LogP contribution in [0.3, 0.4) is 0 Å². The maximum absolute atomic E-state index is 6.05. The Labute approximate surface area is 138 Å². The molecule has 0 saturated heterocycles. The van der Waals surface area contributed by atoms with E-state index in [1.165, 1.54) is 0 Å². The molecule has 0 unspecified atom stereocenters. The van der Waals surface area contributed by atoms with E-state index in [2.05, 4.69) is 0 Å². The molecule has 0 rings (SSSR count). The van der Waals surface area contributed by atoms with E-state index >= 15 is 0 Å². The van der Waals surface area contributed by atoms with Crippen molar-refractivity contribution in [2.75, 3.05) is 39.5 Å². The van der Waals surface area contributed by atoms with Crippen LogP contribution in [0.25, 0.3) is 0 Å². The zero-order valence-corrected chi connectivity index (χ0v) is 15.7. The third-order valence-corrected chi connectivity index (χ3v) is 5.51. The van der Waals surface area contributed by atoms with Gasteiger partial charge in [0.05, 0.1) is 0 Å². The Balaban J connectivity index is 4.73. The topological polar surface area (TPSA) is 106 Å². The Kier molecular flexibility index (Phi) is 14.5.